The average Bonchev–Trinajstić information content (AvgIpc) is 2.93. The van der Waals surface area contributed by atoms with Crippen LogP contribution >= 0.6 is 24.0 Å². The molecule has 0 atom stereocenters. The van der Waals surface area contributed by atoms with E-state index in [4.69, 9.17) is 5.73 Å². The number of fused-ring (bicyclic) bond motifs is 1. The molecule has 1 aromatic carbocycles. The highest BCUT2D eigenvalue weighted by Gasteiger charge is 2.13. The lowest BCUT2D eigenvalue weighted by atomic mass is 9.96. The molecule has 0 bridgehead atoms. The van der Waals surface area contributed by atoms with Gasteiger partial charge in [0.1, 0.15) is 0 Å². The van der Waals surface area contributed by atoms with Gasteiger partial charge in [-0.05, 0) is 48.8 Å². The molecular weight excluding hydrogens is 373 g/mol. The number of halogens is 1. The minimum atomic E-state index is 0. The SMILES string of the molecule is I.NC(=NCc1ccc2c(c1)CCC2)NC1CCCCC1. The highest BCUT2D eigenvalue weighted by Crippen LogP contribution is 2.23. The van der Waals surface area contributed by atoms with Gasteiger partial charge in [0.05, 0.1) is 6.54 Å². The standard InChI is InChI=1S/C17H25N3.HI/c18-17(20-16-7-2-1-3-8-16)19-12-13-9-10-14-5-4-6-15(14)11-13;/h9-11,16H,1-8,12H2,(H3,18,19,20);1H. The first-order valence-electron chi connectivity index (χ1n) is 7.98. The van der Waals surface area contributed by atoms with Crippen molar-refractivity contribution in [3.63, 3.8) is 0 Å². The van der Waals surface area contributed by atoms with Gasteiger partial charge in [0.15, 0.2) is 5.96 Å². The summed E-state index contributed by atoms with van der Waals surface area (Å²) in [6, 6.07) is 7.30. The van der Waals surface area contributed by atoms with Gasteiger partial charge in [0.25, 0.3) is 0 Å². The van der Waals surface area contributed by atoms with Crippen LogP contribution in [0.2, 0.25) is 0 Å². The van der Waals surface area contributed by atoms with E-state index in [1.165, 1.54) is 68.1 Å². The molecule has 3 N–H and O–H groups in total. The third kappa shape index (κ3) is 4.59. The Balaban J connectivity index is 0.00000161. The van der Waals surface area contributed by atoms with Crippen molar-refractivity contribution in [2.45, 2.75) is 64.0 Å². The topological polar surface area (TPSA) is 50.4 Å². The zero-order valence-corrected chi connectivity index (χ0v) is 14.9. The molecule has 3 rings (SSSR count). The lowest BCUT2D eigenvalue weighted by Gasteiger charge is -2.23. The fraction of sp³-hybridized carbons (Fsp3) is 0.588. The number of guanidine groups is 1. The lowest BCUT2D eigenvalue weighted by molar-refractivity contribution is 0.412. The first-order chi connectivity index (χ1) is 9.81. The molecule has 0 unspecified atom stereocenters. The predicted molar refractivity (Wildman–Crippen MR) is 99.2 cm³/mol. The van der Waals surface area contributed by atoms with Crippen molar-refractivity contribution in [3.8, 4) is 0 Å². The maximum Gasteiger partial charge on any atom is 0.189 e. The first-order valence-corrected chi connectivity index (χ1v) is 7.98. The van der Waals surface area contributed by atoms with Crippen molar-refractivity contribution in [3.05, 3.63) is 34.9 Å². The molecule has 2 aliphatic rings. The summed E-state index contributed by atoms with van der Waals surface area (Å²) in [7, 11) is 0. The number of hydrogen-bond acceptors (Lipinski definition) is 1. The molecule has 0 aliphatic heterocycles. The van der Waals surface area contributed by atoms with Crippen molar-refractivity contribution in [2.24, 2.45) is 10.7 Å². The number of benzene rings is 1. The first kappa shape index (κ1) is 16.6. The Bertz CT molecular complexity index is 493. The van der Waals surface area contributed by atoms with E-state index in [1.54, 1.807) is 0 Å². The van der Waals surface area contributed by atoms with Gasteiger partial charge in [0, 0.05) is 6.04 Å². The van der Waals surface area contributed by atoms with Crippen molar-refractivity contribution in [1.29, 1.82) is 0 Å². The molecule has 1 saturated carbocycles. The summed E-state index contributed by atoms with van der Waals surface area (Å²) < 4.78 is 0. The van der Waals surface area contributed by atoms with Gasteiger partial charge in [0.2, 0.25) is 0 Å². The van der Waals surface area contributed by atoms with Crippen LogP contribution in [-0.4, -0.2) is 12.0 Å². The van der Waals surface area contributed by atoms with Gasteiger partial charge >= 0.3 is 0 Å². The molecule has 3 nitrogen and oxygen atoms in total. The Kier molecular flexibility index (Phi) is 6.33. The number of nitrogens with zero attached hydrogens (tertiary/aromatic N) is 1. The third-order valence-electron chi connectivity index (χ3n) is 4.55. The highest BCUT2D eigenvalue weighted by atomic mass is 127. The Hall–Kier alpha value is -0.780. The molecule has 0 aromatic heterocycles. The molecule has 1 aromatic rings. The van der Waals surface area contributed by atoms with Crippen LogP contribution in [-0.2, 0) is 19.4 Å². The van der Waals surface area contributed by atoms with Gasteiger partial charge < -0.3 is 11.1 Å². The molecular formula is C17H26IN3. The fourth-order valence-electron chi connectivity index (χ4n) is 3.40. The van der Waals surface area contributed by atoms with E-state index in [2.05, 4.69) is 28.5 Å². The summed E-state index contributed by atoms with van der Waals surface area (Å²) >= 11 is 0. The van der Waals surface area contributed by atoms with Crippen molar-refractivity contribution in [2.75, 3.05) is 0 Å². The van der Waals surface area contributed by atoms with E-state index in [9.17, 15) is 0 Å². The lowest BCUT2D eigenvalue weighted by Crippen LogP contribution is -2.41. The van der Waals surface area contributed by atoms with Gasteiger partial charge in [-0.25, -0.2) is 4.99 Å². The summed E-state index contributed by atoms with van der Waals surface area (Å²) in [4.78, 5) is 4.50. The molecule has 116 valence electrons. The molecule has 0 spiro atoms. The summed E-state index contributed by atoms with van der Waals surface area (Å²) in [5, 5.41) is 3.37. The third-order valence-corrected chi connectivity index (χ3v) is 4.55. The predicted octanol–water partition coefficient (Wildman–Crippen LogP) is 3.53. The quantitative estimate of drug-likeness (QED) is 0.464. The number of nitrogens with one attached hydrogen (secondary N) is 1. The number of nitrogens with two attached hydrogens (primary N) is 1. The minimum absolute atomic E-state index is 0. The maximum absolute atomic E-state index is 6.00. The maximum atomic E-state index is 6.00. The number of aliphatic imine (C=N–C) groups is 1. The second kappa shape index (κ2) is 8.01. The molecule has 2 aliphatic carbocycles. The van der Waals surface area contributed by atoms with E-state index in [1.807, 2.05) is 0 Å². The minimum Gasteiger partial charge on any atom is -0.370 e. The second-order valence-corrected chi connectivity index (χ2v) is 6.14. The molecule has 4 heteroatoms. The van der Waals surface area contributed by atoms with E-state index in [0.717, 1.165) is 0 Å². The summed E-state index contributed by atoms with van der Waals surface area (Å²) in [5.41, 5.74) is 10.3. The van der Waals surface area contributed by atoms with Crippen LogP contribution in [0.1, 0.15) is 55.2 Å². The van der Waals surface area contributed by atoms with Gasteiger partial charge in [-0.1, -0.05) is 37.5 Å². The van der Waals surface area contributed by atoms with Crippen molar-refractivity contribution < 1.29 is 0 Å². The zero-order valence-electron chi connectivity index (χ0n) is 12.6. The Morgan fingerprint density at radius 2 is 1.86 bits per heavy atom. The smallest absolute Gasteiger partial charge is 0.189 e. The average molecular weight is 399 g/mol. The van der Waals surface area contributed by atoms with Gasteiger partial charge in [-0.15, -0.1) is 24.0 Å². The molecule has 0 radical (unpaired) electrons. The van der Waals surface area contributed by atoms with Crippen LogP contribution in [0, 0.1) is 0 Å². The van der Waals surface area contributed by atoms with Crippen molar-refractivity contribution >= 4 is 29.9 Å². The summed E-state index contributed by atoms with van der Waals surface area (Å²) in [6.45, 7) is 0.693. The Morgan fingerprint density at radius 1 is 1.10 bits per heavy atom. The van der Waals surface area contributed by atoms with Crippen molar-refractivity contribution in [1.82, 2.24) is 5.32 Å². The van der Waals surface area contributed by atoms with Crippen LogP contribution in [0.15, 0.2) is 23.2 Å². The fourth-order valence-corrected chi connectivity index (χ4v) is 3.40. The second-order valence-electron chi connectivity index (χ2n) is 6.14. The molecule has 21 heavy (non-hydrogen) atoms. The van der Waals surface area contributed by atoms with Crippen LogP contribution < -0.4 is 11.1 Å². The zero-order chi connectivity index (χ0) is 13.8. The molecule has 0 amide bonds. The van der Waals surface area contributed by atoms with Gasteiger partial charge in [-0.2, -0.15) is 0 Å². The van der Waals surface area contributed by atoms with Crippen LogP contribution in [0.25, 0.3) is 0 Å². The van der Waals surface area contributed by atoms with E-state index < -0.39 is 0 Å². The van der Waals surface area contributed by atoms with Gasteiger partial charge in [-0.3, -0.25) is 0 Å². The van der Waals surface area contributed by atoms with E-state index in [0.29, 0.717) is 18.5 Å². The summed E-state index contributed by atoms with van der Waals surface area (Å²) in [5.74, 6) is 0.609. The summed E-state index contributed by atoms with van der Waals surface area (Å²) in [6.07, 6.45) is 10.2. The normalized spacial score (nSPS) is 19.0. The Morgan fingerprint density at radius 3 is 2.67 bits per heavy atom. The van der Waals surface area contributed by atoms with Crippen LogP contribution in [0.3, 0.4) is 0 Å². The number of rotatable bonds is 3. The van der Waals surface area contributed by atoms with Crippen LogP contribution in [0.4, 0.5) is 0 Å². The number of hydrogen-bond donors (Lipinski definition) is 2. The highest BCUT2D eigenvalue weighted by molar-refractivity contribution is 14.0. The van der Waals surface area contributed by atoms with E-state index in [-0.39, 0.29) is 24.0 Å². The van der Waals surface area contributed by atoms with Crippen LogP contribution in [0.5, 0.6) is 0 Å². The molecule has 0 saturated heterocycles. The molecule has 0 heterocycles. The van der Waals surface area contributed by atoms with E-state index >= 15 is 0 Å². The largest absolute Gasteiger partial charge is 0.370 e. The Labute approximate surface area is 144 Å². The molecule has 1 fully saturated rings. The monoisotopic (exact) mass is 399 g/mol. The number of aryl methyl sites for hydroxylation is 2.